The lowest BCUT2D eigenvalue weighted by Crippen LogP contribution is -2.33. The van der Waals surface area contributed by atoms with Gasteiger partial charge in [0.15, 0.2) is 0 Å². The van der Waals surface area contributed by atoms with Crippen LogP contribution in [0.15, 0.2) is 22.5 Å². The second-order valence-corrected chi connectivity index (χ2v) is 7.68. The number of carbonyl (C=O) groups excluding carboxylic acids is 2. The Hall–Kier alpha value is -1.58. The highest BCUT2D eigenvalue weighted by molar-refractivity contribution is 6.19. The lowest BCUT2D eigenvalue weighted by molar-refractivity contribution is -0.123. The van der Waals surface area contributed by atoms with Crippen molar-refractivity contribution in [1.29, 1.82) is 0 Å². The summed E-state index contributed by atoms with van der Waals surface area (Å²) in [6.07, 6.45) is 0. The molecule has 0 spiro atoms. The van der Waals surface area contributed by atoms with E-state index in [1.54, 1.807) is 23.9 Å². The lowest BCUT2D eigenvalue weighted by Gasteiger charge is -2.30. The van der Waals surface area contributed by atoms with Crippen molar-refractivity contribution in [2.24, 2.45) is 10.8 Å². The van der Waals surface area contributed by atoms with E-state index in [2.05, 4.69) is 0 Å². The summed E-state index contributed by atoms with van der Waals surface area (Å²) in [5.41, 5.74) is 2.36. The monoisotopic (exact) mass is 276 g/mol. The summed E-state index contributed by atoms with van der Waals surface area (Å²) in [4.78, 5) is 28.6. The van der Waals surface area contributed by atoms with Crippen LogP contribution in [0.25, 0.3) is 0 Å². The number of rotatable bonds is 0. The molecule has 0 N–H and O–H groups in total. The van der Waals surface area contributed by atoms with Crippen LogP contribution >= 0.6 is 0 Å². The van der Waals surface area contributed by atoms with Crippen molar-refractivity contribution in [3.8, 4) is 0 Å². The lowest BCUT2D eigenvalue weighted by atomic mass is 9.86. The highest BCUT2D eigenvalue weighted by Gasteiger charge is 2.50. The Labute approximate surface area is 121 Å². The molecule has 2 aliphatic heterocycles. The van der Waals surface area contributed by atoms with E-state index in [0.717, 1.165) is 11.4 Å². The molecule has 0 aromatic rings. The number of fused-ring (bicyclic) bond motifs is 1. The molecule has 0 aromatic heterocycles. The maximum absolute atomic E-state index is 12.6. The molecule has 2 rings (SSSR count). The average Bonchev–Trinajstić information content (AvgIpc) is 2.63. The highest BCUT2D eigenvalue weighted by Crippen LogP contribution is 2.48. The number of carbonyl (C=O) groups is 2. The van der Waals surface area contributed by atoms with Gasteiger partial charge in [0.05, 0.1) is 11.1 Å². The Balaban J connectivity index is 2.82. The van der Waals surface area contributed by atoms with Crippen molar-refractivity contribution in [3.63, 3.8) is 0 Å². The minimum absolute atomic E-state index is 0.0625. The first-order valence-electron chi connectivity index (χ1n) is 6.95. The van der Waals surface area contributed by atoms with E-state index in [-0.39, 0.29) is 22.6 Å². The summed E-state index contributed by atoms with van der Waals surface area (Å²) in [6.45, 7) is 12.2. The Kier molecular flexibility index (Phi) is 2.94. The molecule has 0 aliphatic carbocycles. The summed E-state index contributed by atoms with van der Waals surface area (Å²) < 4.78 is 0. The zero-order valence-corrected chi connectivity index (χ0v) is 13.7. The normalized spacial score (nSPS) is 20.6. The van der Waals surface area contributed by atoms with Gasteiger partial charge in [-0.1, -0.05) is 41.5 Å². The van der Waals surface area contributed by atoms with Crippen LogP contribution in [-0.2, 0) is 9.59 Å². The maximum atomic E-state index is 12.6. The van der Waals surface area contributed by atoms with Gasteiger partial charge in [-0.3, -0.25) is 9.59 Å². The van der Waals surface area contributed by atoms with E-state index >= 15 is 0 Å². The van der Waals surface area contributed by atoms with Gasteiger partial charge < -0.3 is 9.80 Å². The minimum Gasteiger partial charge on any atom is -0.314 e. The van der Waals surface area contributed by atoms with Crippen molar-refractivity contribution < 1.29 is 9.59 Å². The zero-order valence-electron chi connectivity index (χ0n) is 13.7. The molecule has 110 valence electrons. The van der Waals surface area contributed by atoms with Gasteiger partial charge in [-0.2, -0.15) is 0 Å². The van der Waals surface area contributed by atoms with Gasteiger partial charge in [0.2, 0.25) is 0 Å². The predicted octanol–water partition coefficient (Wildman–Crippen LogP) is 2.53. The Morgan fingerprint density at radius 1 is 0.650 bits per heavy atom. The third kappa shape index (κ3) is 1.81. The number of likely N-dealkylation sites (N-methyl/N-ethyl adjacent to an activating group) is 2. The van der Waals surface area contributed by atoms with Crippen molar-refractivity contribution in [2.75, 3.05) is 14.1 Å². The summed E-state index contributed by atoms with van der Waals surface area (Å²) in [5.74, 6) is -0.125. The first-order chi connectivity index (χ1) is 8.89. The molecule has 4 heteroatoms. The average molecular weight is 276 g/mol. The van der Waals surface area contributed by atoms with Gasteiger partial charge >= 0.3 is 0 Å². The summed E-state index contributed by atoms with van der Waals surface area (Å²) in [7, 11) is 3.52. The summed E-state index contributed by atoms with van der Waals surface area (Å²) in [5, 5.41) is 0. The third-order valence-corrected chi connectivity index (χ3v) is 3.85. The fourth-order valence-corrected chi connectivity index (χ4v) is 3.28. The first-order valence-corrected chi connectivity index (χ1v) is 6.95. The van der Waals surface area contributed by atoms with Gasteiger partial charge in [0.1, 0.15) is 0 Å². The Morgan fingerprint density at radius 3 is 1.10 bits per heavy atom. The molecular weight excluding hydrogens is 252 g/mol. The van der Waals surface area contributed by atoms with Gasteiger partial charge in [-0.15, -0.1) is 0 Å². The SMILES string of the molecule is CN1C(=O)C2=C(C(C)(C)C)N(C)C(=O)C2=C1C(C)(C)C. The van der Waals surface area contributed by atoms with E-state index in [0.29, 0.717) is 11.1 Å². The van der Waals surface area contributed by atoms with Crippen LogP contribution in [-0.4, -0.2) is 35.7 Å². The quantitative estimate of drug-likeness (QED) is 0.682. The van der Waals surface area contributed by atoms with E-state index < -0.39 is 0 Å². The molecule has 2 amide bonds. The van der Waals surface area contributed by atoms with Gasteiger partial charge in [-0.05, 0) is 0 Å². The second-order valence-electron chi connectivity index (χ2n) is 7.68. The fourth-order valence-electron chi connectivity index (χ4n) is 3.28. The summed E-state index contributed by atoms with van der Waals surface area (Å²) >= 11 is 0. The van der Waals surface area contributed by atoms with Crippen molar-refractivity contribution >= 4 is 11.8 Å². The van der Waals surface area contributed by atoms with Crippen LogP contribution in [0.1, 0.15) is 41.5 Å². The predicted molar refractivity (Wildman–Crippen MR) is 78.5 cm³/mol. The molecule has 0 saturated heterocycles. The molecule has 0 saturated carbocycles. The van der Waals surface area contributed by atoms with Crippen molar-refractivity contribution in [1.82, 2.24) is 9.80 Å². The molecule has 0 unspecified atom stereocenters. The van der Waals surface area contributed by atoms with E-state index in [9.17, 15) is 9.59 Å². The van der Waals surface area contributed by atoms with Crippen LogP contribution in [0.5, 0.6) is 0 Å². The first kappa shape index (κ1) is 14.8. The van der Waals surface area contributed by atoms with Crippen molar-refractivity contribution in [2.45, 2.75) is 41.5 Å². The van der Waals surface area contributed by atoms with E-state index in [1.807, 2.05) is 41.5 Å². The zero-order chi connectivity index (χ0) is 15.6. The molecule has 0 radical (unpaired) electrons. The molecule has 0 fully saturated rings. The molecule has 0 bridgehead atoms. The number of hydrogen-bond donors (Lipinski definition) is 0. The Morgan fingerprint density at radius 2 is 0.900 bits per heavy atom. The molecule has 4 nitrogen and oxygen atoms in total. The van der Waals surface area contributed by atoms with Gasteiger partial charge in [-0.25, -0.2) is 0 Å². The number of nitrogens with zero attached hydrogens (tertiary/aromatic N) is 2. The standard InChI is InChI=1S/C16H24N2O2/c1-15(2,3)11-9-10(14(20)17(11)7)12(16(4,5)6)18(8)13(9)19/h1-8H3. The number of allylic oxidation sites excluding steroid dienone is 2. The maximum Gasteiger partial charge on any atom is 0.260 e. The van der Waals surface area contributed by atoms with Crippen LogP contribution < -0.4 is 0 Å². The molecular formula is C16H24N2O2. The Bertz CT molecular complexity index is 516. The molecule has 0 aromatic carbocycles. The van der Waals surface area contributed by atoms with Crippen LogP contribution in [0.4, 0.5) is 0 Å². The molecule has 2 aliphatic rings. The van der Waals surface area contributed by atoms with Crippen molar-refractivity contribution in [3.05, 3.63) is 22.5 Å². The van der Waals surface area contributed by atoms with E-state index in [1.165, 1.54) is 0 Å². The number of amides is 2. The summed E-state index contributed by atoms with van der Waals surface area (Å²) in [6, 6.07) is 0. The van der Waals surface area contributed by atoms with Crippen LogP contribution in [0.2, 0.25) is 0 Å². The van der Waals surface area contributed by atoms with Gasteiger partial charge in [0.25, 0.3) is 11.8 Å². The largest absolute Gasteiger partial charge is 0.314 e. The van der Waals surface area contributed by atoms with Gasteiger partial charge in [0, 0.05) is 36.3 Å². The topological polar surface area (TPSA) is 40.6 Å². The van der Waals surface area contributed by atoms with Crippen LogP contribution in [0.3, 0.4) is 0 Å². The number of hydrogen-bond acceptors (Lipinski definition) is 2. The third-order valence-electron chi connectivity index (χ3n) is 3.85. The molecule has 2 heterocycles. The smallest absolute Gasteiger partial charge is 0.260 e. The highest BCUT2D eigenvalue weighted by atomic mass is 16.2. The minimum atomic E-state index is -0.245. The fraction of sp³-hybridized carbons (Fsp3) is 0.625. The van der Waals surface area contributed by atoms with Crippen LogP contribution in [0, 0.1) is 10.8 Å². The molecule has 0 atom stereocenters. The second kappa shape index (κ2) is 3.96. The van der Waals surface area contributed by atoms with E-state index in [4.69, 9.17) is 0 Å². The molecule has 20 heavy (non-hydrogen) atoms.